The van der Waals surface area contributed by atoms with Crippen molar-refractivity contribution in [3.8, 4) is 0 Å². The Labute approximate surface area is 175 Å². The monoisotopic (exact) mass is 401 g/mol. The number of esters is 1. The zero-order valence-electron chi connectivity index (χ0n) is 16.8. The van der Waals surface area contributed by atoms with E-state index < -0.39 is 5.97 Å². The number of rotatable bonds is 8. The second-order valence-electron chi connectivity index (χ2n) is 6.75. The molecular formula is C25H23NO4. The van der Waals surface area contributed by atoms with Crippen LogP contribution in [0.15, 0.2) is 78.9 Å². The standard InChI is InChI=1S/C25H23NO4/c1-2-30-25(29)22-14-8-6-12-19(22)16-21(27)17-20-13-7-9-15-23(20)26-24(28)18-10-4-3-5-11-18/h3-15H,2,16-17H2,1H3,(H,26,28). The molecule has 152 valence electrons. The highest BCUT2D eigenvalue weighted by molar-refractivity contribution is 6.05. The van der Waals surface area contributed by atoms with Crippen LogP contribution in [0.5, 0.6) is 0 Å². The minimum Gasteiger partial charge on any atom is -0.462 e. The average molecular weight is 401 g/mol. The van der Waals surface area contributed by atoms with Crippen molar-refractivity contribution in [1.29, 1.82) is 0 Å². The molecule has 0 unspecified atom stereocenters. The van der Waals surface area contributed by atoms with Crippen LogP contribution < -0.4 is 5.32 Å². The van der Waals surface area contributed by atoms with E-state index in [1.54, 1.807) is 61.5 Å². The van der Waals surface area contributed by atoms with Gasteiger partial charge in [-0.05, 0) is 42.3 Å². The van der Waals surface area contributed by atoms with Crippen molar-refractivity contribution in [3.63, 3.8) is 0 Å². The zero-order chi connectivity index (χ0) is 21.3. The third-order valence-electron chi connectivity index (χ3n) is 4.59. The van der Waals surface area contributed by atoms with Crippen molar-refractivity contribution in [3.05, 3.63) is 101 Å². The molecule has 0 aliphatic heterocycles. The number of anilines is 1. The Morgan fingerprint density at radius 3 is 2.10 bits per heavy atom. The smallest absolute Gasteiger partial charge is 0.338 e. The van der Waals surface area contributed by atoms with E-state index in [2.05, 4.69) is 5.32 Å². The predicted molar refractivity (Wildman–Crippen MR) is 116 cm³/mol. The Hall–Kier alpha value is -3.73. The van der Waals surface area contributed by atoms with Gasteiger partial charge in [-0.1, -0.05) is 54.6 Å². The van der Waals surface area contributed by atoms with E-state index in [1.165, 1.54) is 0 Å². The van der Waals surface area contributed by atoms with Crippen LogP contribution in [0.1, 0.15) is 38.8 Å². The fraction of sp³-hybridized carbons (Fsp3) is 0.160. The molecule has 0 saturated carbocycles. The molecule has 3 aromatic rings. The van der Waals surface area contributed by atoms with Gasteiger partial charge in [-0.3, -0.25) is 9.59 Å². The third kappa shape index (κ3) is 5.41. The van der Waals surface area contributed by atoms with Crippen molar-refractivity contribution >= 4 is 23.3 Å². The van der Waals surface area contributed by atoms with E-state index in [0.717, 1.165) is 5.56 Å². The van der Waals surface area contributed by atoms with Crippen molar-refractivity contribution in [1.82, 2.24) is 0 Å². The fourth-order valence-corrected chi connectivity index (χ4v) is 3.15. The van der Waals surface area contributed by atoms with Gasteiger partial charge in [0.25, 0.3) is 5.91 Å². The first kappa shape index (κ1) is 21.0. The molecule has 0 aliphatic carbocycles. The minimum atomic E-state index is -0.434. The number of nitrogens with one attached hydrogen (secondary N) is 1. The summed E-state index contributed by atoms with van der Waals surface area (Å²) in [5, 5.41) is 2.88. The van der Waals surface area contributed by atoms with Gasteiger partial charge in [0.2, 0.25) is 0 Å². The Kier molecular flexibility index (Phi) is 7.11. The van der Waals surface area contributed by atoms with Crippen LogP contribution in [0.2, 0.25) is 0 Å². The van der Waals surface area contributed by atoms with Crippen LogP contribution in [0, 0.1) is 0 Å². The summed E-state index contributed by atoms with van der Waals surface area (Å²) in [6.07, 6.45) is 0.248. The van der Waals surface area contributed by atoms with E-state index in [0.29, 0.717) is 22.4 Å². The number of carbonyl (C=O) groups excluding carboxylic acids is 3. The molecule has 1 amide bonds. The lowest BCUT2D eigenvalue weighted by molar-refractivity contribution is -0.117. The molecule has 0 saturated heterocycles. The van der Waals surface area contributed by atoms with Gasteiger partial charge in [-0.15, -0.1) is 0 Å². The van der Waals surface area contributed by atoms with Crippen molar-refractivity contribution in [2.24, 2.45) is 0 Å². The molecule has 0 heterocycles. The number of ether oxygens (including phenoxy) is 1. The molecule has 0 spiro atoms. The lowest BCUT2D eigenvalue weighted by atomic mass is 9.98. The predicted octanol–water partition coefficient (Wildman–Crippen LogP) is 4.47. The first-order valence-corrected chi connectivity index (χ1v) is 9.79. The molecule has 5 heteroatoms. The maximum absolute atomic E-state index is 12.8. The van der Waals surface area contributed by atoms with Crippen LogP contribution in [0.3, 0.4) is 0 Å². The Balaban J connectivity index is 1.73. The third-order valence-corrected chi connectivity index (χ3v) is 4.59. The molecule has 0 aromatic heterocycles. The van der Waals surface area contributed by atoms with Crippen LogP contribution in [0.25, 0.3) is 0 Å². The Morgan fingerprint density at radius 2 is 1.37 bits per heavy atom. The molecule has 0 atom stereocenters. The number of hydrogen-bond acceptors (Lipinski definition) is 4. The van der Waals surface area contributed by atoms with Crippen LogP contribution >= 0.6 is 0 Å². The van der Waals surface area contributed by atoms with Gasteiger partial charge in [0.15, 0.2) is 0 Å². The molecule has 1 N–H and O–H groups in total. The topological polar surface area (TPSA) is 72.5 Å². The average Bonchev–Trinajstić information content (AvgIpc) is 2.76. The van der Waals surface area contributed by atoms with Gasteiger partial charge < -0.3 is 10.1 Å². The maximum Gasteiger partial charge on any atom is 0.338 e. The van der Waals surface area contributed by atoms with Crippen molar-refractivity contribution in [2.75, 3.05) is 11.9 Å². The molecular weight excluding hydrogens is 378 g/mol. The van der Waals surface area contributed by atoms with Crippen LogP contribution in [-0.4, -0.2) is 24.3 Å². The lowest BCUT2D eigenvalue weighted by Crippen LogP contribution is -2.16. The zero-order valence-corrected chi connectivity index (χ0v) is 16.8. The highest BCUT2D eigenvalue weighted by Gasteiger charge is 2.16. The summed E-state index contributed by atoms with van der Waals surface area (Å²) in [5.41, 5.74) is 2.89. The second kappa shape index (κ2) is 10.2. The summed E-state index contributed by atoms with van der Waals surface area (Å²) >= 11 is 0. The fourth-order valence-electron chi connectivity index (χ4n) is 3.15. The molecule has 0 radical (unpaired) electrons. The maximum atomic E-state index is 12.8. The summed E-state index contributed by atoms with van der Waals surface area (Å²) in [6, 6.07) is 23.1. The van der Waals surface area contributed by atoms with Crippen LogP contribution in [-0.2, 0) is 22.4 Å². The number of amides is 1. The van der Waals surface area contributed by atoms with E-state index in [-0.39, 0.29) is 31.1 Å². The first-order valence-electron chi connectivity index (χ1n) is 9.79. The number of Topliss-reactive ketones (excluding diaryl/α,β-unsaturated/α-hetero) is 1. The molecule has 3 aromatic carbocycles. The quantitative estimate of drug-likeness (QED) is 0.565. The van der Waals surface area contributed by atoms with Gasteiger partial charge in [-0.25, -0.2) is 4.79 Å². The number of hydrogen-bond donors (Lipinski definition) is 1. The van der Waals surface area contributed by atoms with E-state index in [9.17, 15) is 14.4 Å². The van der Waals surface area contributed by atoms with Crippen molar-refractivity contribution in [2.45, 2.75) is 19.8 Å². The van der Waals surface area contributed by atoms with Crippen molar-refractivity contribution < 1.29 is 19.1 Å². The van der Waals surface area contributed by atoms with Gasteiger partial charge in [-0.2, -0.15) is 0 Å². The number of ketones is 1. The number of para-hydroxylation sites is 1. The van der Waals surface area contributed by atoms with E-state index in [1.807, 2.05) is 24.3 Å². The Morgan fingerprint density at radius 1 is 0.767 bits per heavy atom. The highest BCUT2D eigenvalue weighted by Crippen LogP contribution is 2.19. The summed E-state index contributed by atoms with van der Waals surface area (Å²) in [6.45, 7) is 2.02. The SMILES string of the molecule is CCOC(=O)c1ccccc1CC(=O)Cc1ccccc1NC(=O)c1ccccc1. The molecule has 3 rings (SSSR count). The summed E-state index contributed by atoms with van der Waals surface area (Å²) < 4.78 is 5.08. The van der Waals surface area contributed by atoms with E-state index in [4.69, 9.17) is 4.74 Å². The van der Waals surface area contributed by atoms with Gasteiger partial charge in [0, 0.05) is 24.1 Å². The van der Waals surface area contributed by atoms with E-state index >= 15 is 0 Å². The molecule has 0 fully saturated rings. The van der Waals surface area contributed by atoms with Crippen LogP contribution in [0.4, 0.5) is 5.69 Å². The molecule has 5 nitrogen and oxygen atoms in total. The normalized spacial score (nSPS) is 10.3. The molecule has 0 bridgehead atoms. The lowest BCUT2D eigenvalue weighted by Gasteiger charge is -2.12. The largest absolute Gasteiger partial charge is 0.462 e. The minimum absolute atomic E-state index is 0.0619. The summed E-state index contributed by atoms with van der Waals surface area (Å²) in [4.78, 5) is 37.4. The van der Waals surface area contributed by atoms with Gasteiger partial charge >= 0.3 is 5.97 Å². The second-order valence-corrected chi connectivity index (χ2v) is 6.75. The molecule has 0 aliphatic rings. The molecule has 30 heavy (non-hydrogen) atoms. The van der Waals surface area contributed by atoms with Gasteiger partial charge in [0.1, 0.15) is 5.78 Å². The number of benzene rings is 3. The number of carbonyl (C=O) groups is 3. The highest BCUT2D eigenvalue weighted by atomic mass is 16.5. The first-order chi connectivity index (χ1) is 14.6. The summed E-state index contributed by atoms with van der Waals surface area (Å²) in [5.74, 6) is -0.729. The summed E-state index contributed by atoms with van der Waals surface area (Å²) in [7, 11) is 0. The Bertz CT molecular complexity index is 1040. The van der Waals surface area contributed by atoms with Gasteiger partial charge in [0.05, 0.1) is 12.2 Å².